The van der Waals surface area contributed by atoms with Crippen molar-refractivity contribution in [2.24, 2.45) is 0 Å². The van der Waals surface area contributed by atoms with Crippen LogP contribution in [0.5, 0.6) is 0 Å². The minimum absolute atomic E-state index is 0.0761. The minimum atomic E-state index is -0.0761. The molecule has 0 aliphatic carbocycles. The summed E-state index contributed by atoms with van der Waals surface area (Å²) in [6, 6.07) is 14.0. The molecule has 0 radical (unpaired) electrons. The summed E-state index contributed by atoms with van der Waals surface area (Å²) in [4.78, 5) is 14.3. The molecule has 0 spiro atoms. The van der Waals surface area contributed by atoms with Crippen molar-refractivity contribution in [3.8, 4) is 5.69 Å². The zero-order chi connectivity index (χ0) is 19.4. The fourth-order valence-electron chi connectivity index (χ4n) is 2.73. The molecular weight excluding hydrogens is 358 g/mol. The fourth-order valence-corrected chi connectivity index (χ4v) is 3.46. The van der Waals surface area contributed by atoms with Gasteiger partial charge in [0.05, 0.1) is 11.4 Å². The van der Waals surface area contributed by atoms with Gasteiger partial charge in [-0.15, -0.1) is 10.2 Å². The third-order valence-electron chi connectivity index (χ3n) is 4.13. The summed E-state index contributed by atoms with van der Waals surface area (Å²) in [7, 11) is 3.96. The van der Waals surface area contributed by atoms with Gasteiger partial charge in [0.1, 0.15) is 6.33 Å². The quantitative estimate of drug-likeness (QED) is 0.660. The lowest BCUT2D eigenvalue weighted by molar-refractivity contribution is -0.113. The predicted molar refractivity (Wildman–Crippen MR) is 111 cm³/mol. The van der Waals surface area contributed by atoms with Crippen molar-refractivity contribution in [1.82, 2.24) is 14.8 Å². The first-order valence-corrected chi connectivity index (χ1v) is 9.60. The summed E-state index contributed by atoms with van der Waals surface area (Å²) < 4.78 is 1.92. The van der Waals surface area contributed by atoms with Gasteiger partial charge in [0.25, 0.3) is 0 Å². The molecule has 0 aliphatic rings. The Morgan fingerprint density at radius 1 is 1.15 bits per heavy atom. The molecule has 0 bridgehead atoms. The first kappa shape index (κ1) is 19.0. The molecule has 0 unspecified atom stereocenters. The number of hydrogen-bond donors (Lipinski definition) is 1. The van der Waals surface area contributed by atoms with E-state index in [1.165, 1.54) is 17.3 Å². The summed E-state index contributed by atoms with van der Waals surface area (Å²) >= 11 is 1.37. The Balaban J connectivity index is 1.64. The number of carbonyl (C=O) groups is 1. The van der Waals surface area contributed by atoms with Crippen molar-refractivity contribution < 1.29 is 4.79 Å². The summed E-state index contributed by atoms with van der Waals surface area (Å²) in [6.07, 6.45) is 1.68. The van der Waals surface area contributed by atoms with Crippen molar-refractivity contribution in [2.45, 2.75) is 19.0 Å². The van der Waals surface area contributed by atoms with Gasteiger partial charge in [0.15, 0.2) is 5.16 Å². The molecule has 1 amide bonds. The molecular formula is C20H23N5OS. The lowest BCUT2D eigenvalue weighted by Crippen LogP contribution is -2.15. The van der Waals surface area contributed by atoms with E-state index in [2.05, 4.69) is 41.5 Å². The zero-order valence-electron chi connectivity index (χ0n) is 15.9. The van der Waals surface area contributed by atoms with Crippen LogP contribution in [-0.2, 0) is 4.79 Å². The van der Waals surface area contributed by atoms with Crippen LogP contribution in [0.2, 0.25) is 0 Å². The highest BCUT2D eigenvalue weighted by atomic mass is 32.2. The van der Waals surface area contributed by atoms with E-state index in [0.29, 0.717) is 5.16 Å². The van der Waals surface area contributed by atoms with Crippen LogP contribution >= 0.6 is 11.8 Å². The molecule has 3 rings (SSSR count). The van der Waals surface area contributed by atoms with Crippen LogP contribution in [0.15, 0.2) is 53.9 Å². The molecule has 0 atom stereocenters. The second kappa shape index (κ2) is 8.26. The van der Waals surface area contributed by atoms with Crippen LogP contribution in [-0.4, -0.2) is 40.5 Å². The lowest BCUT2D eigenvalue weighted by atomic mass is 10.1. The lowest BCUT2D eigenvalue weighted by Gasteiger charge is -2.13. The Bertz CT molecular complexity index is 934. The van der Waals surface area contributed by atoms with Crippen LogP contribution in [0.3, 0.4) is 0 Å². The number of aromatic nitrogens is 3. The van der Waals surface area contributed by atoms with E-state index in [4.69, 9.17) is 0 Å². The number of aryl methyl sites for hydroxylation is 2. The molecule has 1 N–H and O–H groups in total. The molecule has 0 fully saturated rings. The zero-order valence-corrected chi connectivity index (χ0v) is 16.7. The number of rotatable bonds is 6. The van der Waals surface area contributed by atoms with E-state index in [9.17, 15) is 4.79 Å². The highest BCUT2D eigenvalue weighted by molar-refractivity contribution is 7.99. The SMILES string of the molecule is Cc1ccc(-n2cnnc2SCC(=O)Nc2ccc(N(C)C)cc2)c(C)c1. The van der Waals surface area contributed by atoms with Gasteiger partial charge >= 0.3 is 0 Å². The Morgan fingerprint density at radius 2 is 1.89 bits per heavy atom. The van der Waals surface area contributed by atoms with E-state index in [-0.39, 0.29) is 11.7 Å². The van der Waals surface area contributed by atoms with E-state index in [1.54, 1.807) is 6.33 Å². The Hall–Kier alpha value is -2.80. The highest BCUT2D eigenvalue weighted by Gasteiger charge is 2.12. The van der Waals surface area contributed by atoms with E-state index in [0.717, 1.165) is 22.6 Å². The smallest absolute Gasteiger partial charge is 0.234 e. The average Bonchev–Trinajstić information content (AvgIpc) is 3.09. The van der Waals surface area contributed by atoms with Gasteiger partial charge in [-0.2, -0.15) is 0 Å². The Morgan fingerprint density at radius 3 is 2.56 bits per heavy atom. The van der Waals surface area contributed by atoms with Crippen molar-refractivity contribution in [3.63, 3.8) is 0 Å². The summed E-state index contributed by atoms with van der Waals surface area (Å²) in [5.74, 6) is 0.187. The maximum atomic E-state index is 12.3. The van der Waals surface area contributed by atoms with Crippen LogP contribution in [0, 0.1) is 13.8 Å². The van der Waals surface area contributed by atoms with Crippen LogP contribution < -0.4 is 10.2 Å². The number of nitrogens with zero attached hydrogens (tertiary/aromatic N) is 4. The molecule has 3 aromatic rings. The van der Waals surface area contributed by atoms with Crippen molar-refractivity contribution >= 4 is 29.0 Å². The molecule has 0 saturated carbocycles. The summed E-state index contributed by atoms with van der Waals surface area (Å²) in [5, 5.41) is 11.8. The fraction of sp³-hybridized carbons (Fsp3) is 0.250. The number of carbonyl (C=O) groups excluding carboxylic acids is 1. The molecule has 27 heavy (non-hydrogen) atoms. The number of nitrogens with one attached hydrogen (secondary N) is 1. The van der Waals surface area contributed by atoms with E-state index in [1.807, 2.05) is 53.9 Å². The largest absolute Gasteiger partial charge is 0.378 e. The molecule has 0 aliphatic heterocycles. The maximum absolute atomic E-state index is 12.3. The van der Waals surface area contributed by atoms with Crippen LogP contribution in [0.25, 0.3) is 5.69 Å². The molecule has 6 nitrogen and oxygen atoms in total. The van der Waals surface area contributed by atoms with Crippen LogP contribution in [0.1, 0.15) is 11.1 Å². The van der Waals surface area contributed by atoms with Gasteiger partial charge in [-0.05, 0) is 49.7 Å². The number of hydrogen-bond acceptors (Lipinski definition) is 5. The monoisotopic (exact) mass is 381 g/mol. The second-order valence-corrected chi connectivity index (χ2v) is 7.49. The van der Waals surface area contributed by atoms with Crippen molar-refractivity contribution in [1.29, 1.82) is 0 Å². The van der Waals surface area contributed by atoms with Gasteiger partial charge < -0.3 is 10.2 Å². The summed E-state index contributed by atoms with van der Waals surface area (Å²) in [6.45, 7) is 4.12. The van der Waals surface area contributed by atoms with Gasteiger partial charge in [-0.25, -0.2) is 0 Å². The molecule has 1 heterocycles. The van der Waals surface area contributed by atoms with Gasteiger partial charge in [0, 0.05) is 25.5 Å². The topological polar surface area (TPSA) is 63.1 Å². The molecule has 1 aromatic heterocycles. The van der Waals surface area contributed by atoms with E-state index >= 15 is 0 Å². The third kappa shape index (κ3) is 4.68. The van der Waals surface area contributed by atoms with Crippen LogP contribution in [0.4, 0.5) is 11.4 Å². The number of anilines is 2. The predicted octanol–water partition coefficient (Wildman–Crippen LogP) is 3.68. The maximum Gasteiger partial charge on any atom is 0.234 e. The van der Waals surface area contributed by atoms with E-state index < -0.39 is 0 Å². The number of amides is 1. The number of benzene rings is 2. The molecule has 140 valence electrons. The molecule has 0 saturated heterocycles. The minimum Gasteiger partial charge on any atom is -0.378 e. The third-order valence-corrected chi connectivity index (χ3v) is 5.07. The standard InChI is InChI=1S/C20H23N5OS/c1-14-5-10-18(15(2)11-14)25-13-21-23-20(25)27-12-19(26)22-16-6-8-17(9-7-16)24(3)4/h5-11,13H,12H2,1-4H3,(H,22,26). The molecule has 2 aromatic carbocycles. The highest BCUT2D eigenvalue weighted by Crippen LogP contribution is 2.23. The first-order chi connectivity index (χ1) is 12.9. The van der Waals surface area contributed by atoms with Gasteiger partial charge in [-0.3, -0.25) is 9.36 Å². The second-order valence-electron chi connectivity index (χ2n) is 6.55. The first-order valence-electron chi connectivity index (χ1n) is 8.62. The van der Waals surface area contributed by atoms with Gasteiger partial charge in [-0.1, -0.05) is 29.5 Å². The van der Waals surface area contributed by atoms with Crippen molar-refractivity contribution in [2.75, 3.05) is 30.1 Å². The Labute approximate surface area is 163 Å². The van der Waals surface area contributed by atoms with Crippen molar-refractivity contribution in [3.05, 3.63) is 59.9 Å². The molecule has 7 heteroatoms. The average molecular weight is 382 g/mol. The normalized spacial score (nSPS) is 10.7. The van der Waals surface area contributed by atoms with Gasteiger partial charge in [0.2, 0.25) is 5.91 Å². The number of thioether (sulfide) groups is 1. The summed E-state index contributed by atoms with van der Waals surface area (Å²) in [5.41, 5.74) is 5.24. The Kier molecular flexibility index (Phi) is 5.81.